The van der Waals surface area contributed by atoms with E-state index in [4.69, 9.17) is 39.9 Å². The van der Waals surface area contributed by atoms with Crippen LogP contribution in [-0.4, -0.2) is 31.6 Å². The number of hydrogen-bond acceptors (Lipinski definition) is 4. The van der Waals surface area contributed by atoms with E-state index in [0.29, 0.717) is 31.7 Å². The van der Waals surface area contributed by atoms with Crippen LogP contribution >= 0.6 is 46.6 Å². The van der Waals surface area contributed by atoms with E-state index >= 15 is 0 Å². The van der Waals surface area contributed by atoms with E-state index in [2.05, 4.69) is 10.2 Å². The van der Waals surface area contributed by atoms with Crippen molar-refractivity contribution in [3.8, 4) is 5.69 Å². The fourth-order valence-electron chi connectivity index (χ4n) is 1.57. The van der Waals surface area contributed by atoms with E-state index in [1.165, 1.54) is 0 Å². The van der Waals surface area contributed by atoms with E-state index in [9.17, 15) is 4.79 Å². The van der Waals surface area contributed by atoms with Gasteiger partial charge in [-0.3, -0.25) is 9.36 Å². The summed E-state index contributed by atoms with van der Waals surface area (Å²) in [6.07, 6.45) is 0. The molecule has 0 saturated carbocycles. The van der Waals surface area contributed by atoms with Gasteiger partial charge in [0.1, 0.15) is 5.82 Å². The monoisotopic (exact) mass is 351 g/mol. The number of rotatable bonds is 4. The van der Waals surface area contributed by atoms with Crippen LogP contribution in [0.3, 0.4) is 0 Å². The average Bonchev–Trinajstić information content (AvgIpc) is 2.67. The van der Waals surface area contributed by atoms with E-state index in [1.54, 1.807) is 23.6 Å². The molecule has 0 atom stereocenters. The fraction of sp³-hybridized carbons (Fsp3) is 0.182. The second kappa shape index (κ2) is 6.22. The topological polar surface area (TPSA) is 68.0 Å². The largest absolute Gasteiger partial charge is 0.481 e. The number of benzene rings is 1. The zero-order valence-corrected chi connectivity index (χ0v) is 13.2. The lowest BCUT2D eigenvalue weighted by Gasteiger charge is -2.12. The molecule has 0 aliphatic rings. The summed E-state index contributed by atoms with van der Waals surface area (Å²) in [5.41, 5.74) is 0.480. The summed E-state index contributed by atoms with van der Waals surface area (Å²) in [6, 6.07) is 3.10. The van der Waals surface area contributed by atoms with Crippen LogP contribution in [0.15, 0.2) is 17.3 Å². The zero-order valence-electron chi connectivity index (χ0n) is 10.1. The normalized spacial score (nSPS) is 10.8. The number of carboxylic acid groups (broad SMARTS) is 1. The number of thioether (sulfide) groups is 1. The first-order valence-corrected chi connectivity index (χ1v) is 7.43. The molecule has 0 saturated heterocycles. The van der Waals surface area contributed by atoms with Crippen LogP contribution in [0.25, 0.3) is 5.69 Å². The van der Waals surface area contributed by atoms with Gasteiger partial charge in [0.25, 0.3) is 0 Å². The minimum atomic E-state index is -0.949. The summed E-state index contributed by atoms with van der Waals surface area (Å²) in [5, 5.41) is 18.1. The zero-order chi connectivity index (χ0) is 14.9. The third kappa shape index (κ3) is 3.20. The molecule has 1 aromatic heterocycles. The van der Waals surface area contributed by atoms with E-state index < -0.39 is 5.97 Å². The number of halogens is 3. The molecule has 2 rings (SSSR count). The number of aromatic nitrogens is 3. The highest BCUT2D eigenvalue weighted by Gasteiger charge is 2.18. The summed E-state index contributed by atoms with van der Waals surface area (Å²) in [4.78, 5) is 10.7. The van der Waals surface area contributed by atoms with Gasteiger partial charge in [-0.2, -0.15) is 0 Å². The number of nitrogens with zero attached hydrogens (tertiary/aromatic N) is 3. The summed E-state index contributed by atoms with van der Waals surface area (Å²) in [7, 11) is 0. The standard InChI is InChI=1S/C11H8Cl3N3O2S/c1-5-15-16-11(20-4-9(18)19)17(5)10-7(13)2-6(12)3-8(10)14/h2-3H,4H2,1H3,(H,18,19). The van der Waals surface area contributed by atoms with E-state index in [-0.39, 0.29) is 5.75 Å². The lowest BCUT2D eigenvalue weighted by Crippen LogP contribution is -2.04. The number of hydrogen-bond donors (Lipinski definition) is 1. The lowest BCUT2D eigenvalue weighted by atomic mass is 10.3. The van der Waals surface area contributed by atoms with Crippen molar-refractivity contribution in [2.24, 2.45) is 0 Å². The van der Waals surface area contributed by atoms with E-state index in [0.717, 1.165) is 11.8 Å². The maximum atomic E-state index is 10.7. The van der Waals surface area contributed by atoms with Crippen LogP contribution < -0.4 is 0 Å². The molecule has 0 radical (unpaired) electrons. The van der Waals surface area contributed by atoms with Crippen LogP contribution in [0.2, 0.25) is 15.1 Å². The van der Waals surface area contributed by atoms with Gasteiger partial charge in [-0.05, 0) is 19.1 Å². The molecule has 1 N–H and O–H groups in total. The van der Waals surface area contributed by atoms with Gasteiger partial charge in [-0.1, -0.05) is 46.6 Å². The van der Waals surface area contributed by atoms with Crippen molar-refractivity contribution in [3.63, 3.8) is 0 Å². The maximum Gasteiger partial charge on any atom is 0.313 e. The summed E-state index contributed by atoms with van der Waals surface area (Å²) < 4.78 is 1.61. The third-order valence-electron chi connectivity index (χ3n) is 2.33. The molecule has 2 aromatic rings. The molecule has 0 spiro atoms. The van der Waals surface area contributed by atoms with Crippen molar-refractivity contribution in [2.75, 3.05) is 5.75 Å². The average molecular weight is 353 g/mol. The Balaban J connectivity index is 2.52. The minimum Gasteiger partial charge on any atom is -0.481 e. The molecule has 0 bridgehead atoms. The first kappa shape index (κ1) is 15.4. The molecule has 1 heterocycles. The van der Waals surface area contributed by atoms with E-state index in [1.807, 2.05) is 0 Å². The molecule has 0 amide bonds. The maximum absolute atomic E-state index is 10.7. The molecule has 0 fully saturated rings. The van der Waals surface area contributed by atoms with Crippen LogP contribution in [0.4, 0.5) is 0 Å². The summed E-state index contributed by atoms with van der Waals surface area (Å²) in [6.45, 7) is 1.72. The fourth-order valence-corrected chi connectivity index (χ4v) is 3.26. The first-order valence-electron chi connectivity index (χ1n) is 5.31. The van der Waals surface area contributed by atoms with Crippen molar-refractivity contribution in [1.82, 2.24) is 14.8 Å². The highest BCUT2D eigenvalue weighted by molar-refractivity contribution is 7.99. The smallest absolute Gasteiger partial charge is 0.313 e. The van der Waals surface area contributed by atoms with Crippen molar-refractivity contribution < 1.29 is 9.90 Å². The molecular formula is C11H8Cl3N3O2S. The highest BCUT2D eigenvalue weighted by Crippen LogP contribution is 2.35. The Bertz CT molecular complexity index is 652. The van der Waals surface area contributed by atoms with Gasteiger partial charge in [0, 0.05) is 5.02 Å². The molecule has 106 valence electrons. The SMILES string of the molecule is Cc1nnc(SCC(=O)O)n1-c1c(Cl)cc(Cl)cc1Cl. The van der Waals surface area contributed by atoms with Crippen molar-refractivity contribution in [1.29, 1.82) is 0 Å². The quantitative estimate of drug-likeness (QED) is 0.850. The third-order valence-corrected chi connectivity index (χ3v) is 4.03. The second-order valence-corrected chi connectivity index (χ2v) is 5.96. The molecule has 9 heteroatoms. The predicted molar refractivity (Wildman–Crippen MR) is 79.5 cm³/mol. The van der Waals surface area contributed by atoms with Gasteiger partial charge < -0.3 is 5.11 Å². The van der Waals surface area contributed by atoms with Crippen molar-refractivity contribution in [3.05, 3.63) is 33.0 Å². The Kier molecular flexibility index (Phi) is 4.80. The van der Waals surface area contributed by atoms with Crippen LogP contribution in [0, 0.1) is 6.92 Å². The Morgan fingerprint density at radius 1 is 1.30 bits per heavy atom. The van der Waals surface area contributed by atoms with Gasteiger partial charge >= 0.3 is 5.97 Å². The lowest BCUT2D eigenvalue weighted by molar-refractivity contribution is -0.133. The van der Waals surface area contributed by atoms with Gasteiger partial charge in [0.2, 0.25) is 0 Å². The Hall–Kier alpha value is -0.950. The van der Waals surface area contributed by atoms with Gasteiger partial charge in [-0.15, -0.1) is 10.2 Å². The Morgan fingerprint density at radius 3 is 2.45 bits per heavy atom. The molecule has 1 aromatic carbocycles. The molecule has 5 nitrogen and oxygen atoms in total. The van der Waals surface area contributed by atoms with Crippen molar-refractivity contribution in [2.45, 2.75) is 12.1 Å². The number of carboxylic acids is 1. The molecular weight excluding hydrogens is 345 g/mol. The molecule has 20 heavy (non-hydrogen) atoms. The Morgan fingerprint density at radius 2 is 1.90 bits per heavy atom. The minimum absolute atomic E-state index is 0.138. The predicted octanol–water partition coefficient (Wildman–Crippen LogP) is 3.71. The molecule has 0 unspecified atom stereocenters. The highest BCUT2D eigenvalue weighted by atomic mass is 35.5. The summed E-state index contributed by atoms with van der Waals surface area (Å²) >= 11 is 19.2. The van der Waals surface area contributed by atoms with Crippen molar-refractivity contribution >= 4 is 52.5 Å². The number of aryl methyl sites for hydroxylation is 1. The van der Waals surface area contributed by atoms with Crippen LogP contribution in [-0.2, 0) is 4.79 Å². The van der Waals surface area contributed by atoms with Gasteiger partial charge in [-0.25, -0.2) is 0 Å². The van der Waals surface area contributed by atoms with Gasteiger partial charge in [0.15, 0.2) is 5.16 Å². The molecule has 0 aliphatic heterocycles. The Labute approximate surface area is 133 Å². The first-order chi connectivity index (χ1) is 9.40. The second-order valence-electron chi connectivity index (χ2n) is 3.77. The molecule has 0 aliphatic carbocycles. The summed E-state index contributed by atoms with van der Waals surface area (Å²) in [5.74, 6) is -0.541. The number of carbonyl (C=O) groups is 1. The van der Waals surface area contributed by atoms with Crippen LogP contribution in [0.1, 0.15) is 5.82 Å². The van der Waals surface area contributed by atoms with Crippen LogP contribution in [0.5, 0.6) is 0 Å². The number of aliphatic carboxylic acids is 1. The van der Waals surface area contributed by atoms with Gasteiger partial charge in [0.05, 0.1) is 21.5 Å².